The number of hydrogen-bond donors (Lipinski definition) is 0. The Balaban J connectivity index is 2.49. The van der Waals surface area contributed by atoms with Crippen molar-refractivity contribution in [1.82, 2.24) is 0 Å². The second-order valence-electron chi connectivity index (χ2n) is 5.19. The van der Waals surface area contributed by atoms with E-state index in [2.05, 4.69) is 0 Å². The van der Waals surface area contributed by atoms with Gasteiger partial charge in [-0.25, -0.2) is 0 Å². The lowest BCUT2D eigenvalue weighted by molar-refractivity contribution is 0.355. The topological polar surface area (TPSA) is 75.3 Å². The molecule has 0 aliphatic carbocycles. The number of hydrogen-bond acceptors (Lipinski definition) is 5. The Morgan fingerprint density at radius 2 is 1.50 bits per heavy atom. The van der Waals surface area contributed by atoms with Crippen molar-refractivity contribution in [1.29, 1.82) is 10.5 Å². The summed E-state index contributed by atoms with van der Waals surface area (Å²) in [7, 11) is 4.69. The molecule has 0 unspecified atom stereocenters. The first-order valence-electron chi connectivity index (χ1n) is 7.75. The van der Waals surface area contributed by atoms with Crippen molar-refractivity contribution in [2.75, 3.05) is 21.3 Å². The summed E-state index contributed by atoms with van der Waals surface area (Å²) < 4.78 is 15.7. The number of rotatable bonds is 6. The number of nitrogens with zero attached hydrogens (tertiary/aromatic N) is 2. The van der Waals surface area contributed by atoms with Gasteiger partial charge in [-0.1, -0.05) is 30.4 Å². The Bertz CT molecular complexity index is 898. The molecule has 26 heavy (non-hydrogen) atoms. The molecular formula is C21H18N2O3. The van der Waals surface area contributed by atoms with Crippen LogP contribution in [-0.2, 0) is 0 Å². The second kappa shape index (κ2) is 8.96. The molecular weight excluding hydrogens is 328 g/mol. The third-order valence-corrected chi connectivity index (χ3v) is 3.75. The van der Waals surface area contributed by atoms with Crippen LogP contribution < -0.4 is 14.2 Å². The van der Waals surface area contributed by atoms with Crippen LogP contribution in [0.15, 0.2) is 54.1 Å². The molecule has 0 aliphatic rings. The molecule has 0 saturated carbocycles. The van der Waals surface area contributed by atoms with Crippen LogP contribution in [-0.4, -0.2) is 21.3 Å². The summed E-state index contributed by atoms with van der Waals surface area (Å²) in [5.41, 5.74) is 2.12. The number of nitriles is 2. The Hall–Kier alpha value is -3.70. The van der Waals surface area contributed by atoms with Crippen molar-refractivity contribution in [2.45, 2.75) is 0 Å². The van der Waals surface area contributed by atoms with Gasteiger partial charge in [0.25, 0.3) is 0 Å². The van der Waals surface area contributed by atoms with Gasteiger partial charge >= 0.3 is 0 Å². The Labute approximate surface area is 153 Å². The fraction of sp³-hybridized carbons (Fsp3) is 0.143. The molecule has 0 radical (unpaired) electrons. The predicted octanol–water partition coefficient (Wildman–Crippen LogP) is 4.23. The molecule has 0 N–H and O–H groups in total. The van der Waals surface area contributed by atoms with Crippen LogP contribution in [0.1, 0.15) is 11.1 Å². The molecule has 0 bridgehead atoms. The van der Waals surface area contributed by atoms with Crippen molar-refractivity contribution in [2.24, 2.45) is 0 Å². The Morgan fingerprint density at radius 3 is 2.04 bits per heavy atom. The summed E-state index contributed by atoms with van der Waals surface area (Å²) in [4.78, 5) is 0. The van der Waals surface area contributed by atoms with Gasteiger partial charge in [0.05, 0.1) is 21.3 Å². The lowest BCUT2D eigenvalue weighted by Gasteiger charge is -2.10. The highest BCUT2D eigenvalue weighted by Gasteiger charge is 2.11. The SMILES string of the molecule is COc1ccc(/C=C/C(=C(C#N)C#N)c2ccc(OC)c(OC)c2)cc1. The van der Waals surface area contributed by atoms with E-state index in [0.29, 0.717) is 22.6 Å². The summed E-state index contributed by atoms with van der Waals surface area (Å²) in [6, 6.07) is 16.6. The van der Waals surface area contributed by atoms with Gasteiger partial charge in [0.1, 0.15) is 23.5 Å². The van der Waals surface area contributed by atoms with Gasteiger partial charge in [-0.3, -0.25) is 0 Å². The van der Waals surface area contributed by atoms with Crippen LogP contribution in [0.2, 0.25) is 0 Å². The molecule has 0 aromatic heterocycles. The Kier molecular flexibility index (Phi) is 6.42. The van der Waals surface area contributed by atoms with Gasteiger partial charge in [-0.05, 0) is 35.4 Å². The molecule has 2 aromatic rings. The maximum atomic E-state index is 9.31. The molecule has 0 amide bonds. The van der Waals surface area contributed by atoms with Crippen molar-refractivity contribution in [3.8, 4) is 29.4 Å². The number of benzene rings is 2. The monoisotopic (exact) mass is 346 g/mol. The zero-order chi connectivity index (χ0) is 18.9. The van der Waals surface area contributed by atoms with Crippen LogP contribution in [0.4, 0.5) is 0 Å². The molecule has 0 saturated heterocycles. The lowest BCUT2D eigenvalue weighted by Crippen LogP contribution is -1.93. The molecule has 0 fully saturated rings. The highest BCUT2D eigenvalue weighted by atomic mass is 16.5. The minimum Gasteiger partial charge on any atom is -0.497 e. The fourth-order valence-corrected chi connectivity index (χ4v) is 2.37. The molecule has 5 heteroatoms. The van der Waals surface area contributed by atoms with Crippen molar-refractivity contribution in [3.63, 3.8) is 0 Å². The van der Waals surface area contributed by atoms with E-state index in [1.807, 2.05) is 42.5 Å². The number of methoxy groups -OCH3 is 3. The summed E-state index contributed by atoms with van der Waals surface area (Å²) in [6.45, 7) is 0. The zero-order valence-electron chi connectivity index (χ0n) is 14.8. The third kappa shape index (κ3) is 4.23. The summed E-state index contributed by atoms with van der Waals surface area (Å²) >= 11 is 0. The van der Waals surface area contributed by atoms with Gasteiger partial charge in [0.2, 0.25) is 0 Å². The van der Waals surface area contributed by atoms with E-state index in [0.717, 1.165) is 11.3 Å². The minimum atomic E-state index is 0.0157. The molecule has 0 aliphatic heterocycles. The average Bonchev–Trinajstić information content (AvgIpc) is 2.71. The molecule has 5 nitrogen and oxygen atoms in total. The van der Waals surface area contributed by atoms with Gasteiger partial charge < -0.3 is 14.2 Å². The molecule has 130 valence electrons. The molecule has 0 spiro atoms. The molecule has 2 rings (SSSR count). The predicted molar refractivity (Wildman–Crippen MR) is 99.7 cm³/mol. The molecule has 0 atom stereocenters. The van der Waals surface area contributed by atoms with E-state index >= 15 is 0 Å². The highest BCUT2D eigenvalue weighted by molar-refractivity contribution is 5.86. The second-order valence-corrected chi connectivity index (χ2v) is 5.19. The third-order valence-electron chi connectivity index (χ3n) is 3.75. The van der Waals surface area contributed by atoms with Crippen molar-refractivity contribution in [3.05, 3.63) is 65.2 Å². The quantitative estimate of drug-likeness (QED) is 0.578. The molecule has 2 aromatic carbocycles. The van der Waals surface area contributed by atoms with Crippen LogP contribution in [0, 0.1) is 22.7 Å². The minimum absolute atomic E-state index is 0.0157. The normalized spacial score (nSPS) is 9.88. The van der Waals surface area contributed by atoms with Crippen LogP contribution in [0.5, 0.6) is 17.2 Å². The van der Waals surface area contributed by atoms with Crippen LogP contribution >= 0.6 is 0 Å². The standard InChI is InChI=1S/C21H18N2O3/c1-24-18-8-4-15(5-9-18)6-10-19(17(13-22)14-23)16-7-11-20(25-2)21(12-16)26-3/h4-12H,1-3H3/b10-6+. The van der Waals surface area contributed by atoms with Crippen LogP contribution in [0.3, 0.4) is 0 Å². The number of allylic oxidation sites excluding steroid dienone is 3. The maximum absolute atomic E-state index is 9.31. The van der Waals surface area contributed by atoms with Gasteiger partial charge in [-0.2, -0.15) is 10.5 Å². The van der Waals surface area contributed by atoms with E-state index in [-0.39, 0.29) is 5.57 Å². The first kappa shape index (κ1) is 18.6. The first-order chi connectivity index (χ1) is 12.7. The van der Waals surface area contributed by atoms with Gasteiger partial charge in [0, 0.05) is 5.57 Å². The van der Waals surface area contributed by atoms with E-state index < -0.39 is 0 Å². The number of ether oxygens (including phenoxy) is 3. The molecule has 0 heterocycles. The van der Waals surface area contributed by atoms with E-state index in [1.54, 1.807) is 38.5 Å². The fourth-order valence-electron chi connectivity index (χ4n) is 2.37. The lowest BCUT2D eigenvalue weighted by atomic mass is 9.99. The van der Waals surface area contributed by atoms with Crippen molar-refractivity contribution < 1.29 is 14.2 Å². The first-order valence-corrected chi connectivity index (χ1v) is 7.75. The summed E-state index contributed by atoms with van der Waals surface area (Å²) in [5.74, 6) is 1.85. The Morgan fingerprint density at radius 1 is 0.846 bits per heavy atom. The van der Waals surface area contributed by atoms with E-state index in [9.17, 15) is 10.5 Å². The summed E-state index contributed by atoms with van der Waals surface area (Å²) in [6.07, 6.45) is 3.57. The smallest absolute Gasteiger partial charge is 0.161 e. The summed E-state index contributed by atoms with van der Waals surface area (Å²) in [5, 5.41) is 18.6. The van der Waals surface area contributed by atoms with Crippen LogP contribution in [0.25, 0.3) is 11.6 Å². The highest BCUT2D eigenvalue weighted by Crippen LogP contribution is 2.32. The van der Waals surface area contributed by atoms with E-state index in [4.69, 9.17) is 14.2 Å². The zero-order valence-corrected chi connectivity index (χ0v) is 14.8. The maximum Gasteiger partial charge on any atom is 0.161 e. The van der Waals surface area contributed by atoms with E-state index in [1.165, 1.54) is 7.11 Å². The van der Waals surface area contributed by atoms with Gasteiger partial charge in [-0.15, -0.1) is 0 Å². The largest absolute Gasteiger partial charge is 0.497 e. The van der Waals surface area contributed by atoms with Gasteiger partial charge in [0.15, 0.2) is 11.5 Å². The van der Waals surface area contributed by atoms with Crippen molar-refractivity contribution >= 4 is 11.6 Å². The average molecular weight is 346 g/mol.